The van der Waals surface area contributed by atoms with Crippen molar-refractivity contribution >= 4 is 0 Å². The highest BCUT2D eigenvalue weighted by Gasteiger charge is 2.42. The van der Waals surface area contributed by atoms with E-state index < -0.39 is 0 Å². The summed E-state index contributed by atoms with van der Waals surface area (Å²) < 4.78 is 1.93. The fourth-order valence-corrected chi connectivity index (χ4v) is 3.66. The maximum Gasteiger partial charge on any atom is 0.0778 e. The van der Waals surface area contributed by atoms with Gasteiger partial charge in [-0.15, -0.1) is 0 Å². The number of aliphatic hydroxyl groups excluding tert-OH is 1. The molecule has 1 N–H and O–H groups in total. The minimum absolute atomic E-state index is 0.0802. The fraction of sp³-hybridized carbons (Fsp3) is 0.824. The summed E-state index contributed by atoms with van der Waals surface area (Å²) in [6.45, 7) is 4.44. The predicted octanol–water partition coefficient (Wildman–Crippen LogP) is 2.40. The van der Waals surface area contributed by atoms with E-state index >= 15 is 0 Å². The lowest BCUT2D eigenvalue weighted by atomic mass is 9.72. The number of aromatic nitrogens is 2. The van der Waals surface area contributed by atoms with Crippen LogP contribution in [0.1, 0.15) is 50.9 Å². The normalized spacial score (nSPS) is 28.0. The Morgan fingerprint density at radius 1 is 1.43 bits per heavy atom. The molecule has 120 valence electrons. The zero-order valence-electron chi connectivity index (χ0n) is 14.3. The number of likely N-dealkylation sites (N-methyl/N-ethyl adjacent to an activating group) is 1. The number of hydrogen-bond acceptors (Lipinski definition) is 3. The lowest BCUT2D eigenvalue weighted by Crippen LogP contribution is -2.56. The van der Waals surface area contributed by atoms with E-state index in [2.05, 4.69) is 44.0 Å². The molecule has 1 unspecified atom stereocenters. The van der Waals surface area contributed by atoms with Crippen molar-refractivity contribution < 1.29 is 5.11 Å². The molecular weight excluding hydrogens is 262 g/mol. The Bertz CT molecular complexity index is 459. The highest BCUT2D eigenvalue weighted by molar-refractivity contribution is 5.13. The molecule has 0 radical (unpaired) electrons. The summed E-state index contributed by atoms with van der Waals surface area (Å²) in [6, 6.07) is 2.14. The van der Waals surface area contributed by atoms with Crippen LogP contribution in [0.5, 0.6) is 0 Å². The molecule has 1 atom stereocenters. The van der Waals surface area contributed by atoms with Gasteiger partial charge in [0.05, 0.1) is 11.8 Å². The second kappa shape index (κ2) is 6.49. The van der Waals surface area contributed by atoms with Gasteiger partial charge in [-0.3, -0.25) is 4.68 Å². The van der Waals surface area contributed by atoms with Crippen LogP contribution in [0.3, 0.4) is 0 Å². The van der Waals surface area contributed by atoms with Gasteiger partial charge in [0.1, 0.15) is 0 Å². The Morgan fingerprint density at radius 3 is 2.52 bits per heavy atom. The van der Waals surface area contributed by atoms with Crippen molar-refractivity contribution in [3.8, 4) is 0 Å². The van der Waals surface area contributed by atoms with Crippen molar-refractivity contribution in [2.75, 3.05) is 14.1 Å². The molecule has 0 amide bonds. The van der Waals surface area contributed by atoms with Gasteiger partial charge in [0.2, 0.25) is 0 Å². The molecule has 1 fully saturated rings. The number of rotatable bonds is 5. The fourth-order valence-electron chi connectivity index (χ4n) is 3.66. The van der Waals surface area contributed by atoms with Gasteiger partial charge in [-0.05, 0) is 58.2 Å². The third-order valence-corrected chi connectivity index (χ3v) is 5.44. The van der Waals surface area contributed by atoms with E-state index in [0.29, 0.717) is 6.42 Å². The average Bonchev–Trinajstić information content (AvgIpc) is 2.80. The van der Waals surface area contributed by atoms with Crippen LogP contribution >= 0.6 is 0 Å². The van der Waals surface area contributed by atoms with Crippen molar-refractivity contribution in [1.29, 1.82) is 0 Å². The van der Waals surface area contributed by atoms with Gasteiger partial charge in [-0.1, -0.05) is 13.8 Å². The lowest BCUT2D eigenvalue weighted by molar-refractivity contribution is -0.0389. The average molecular weight is 293 g/mol. The predicted molar refractivity (Wildman–Crippen MR) is 86.3 cm³/mol. The van der Waals surface area contributed by atoms with Crippen LogP contribution in [0.2, 0.25) is 0 Å². The smallest absolute Gasteiger partial charge is 0.0778 e. The minimum atomic E-state index is -0.333. The third kappa shape index (κ3) is 3.32. The second-order valence-electron chi connectivity index (χ2n) is 7.00. The van der Waals surface area contributed by atoms with Crippen LogP contribution < -0.4 is 0 Å². The second-order valence-corrected chi connectivity index (χ2v) is 7.00. The summed E-state index contributed by atoms with van der Waals surface area (Å²) in [7, 11) is 6.20. The molecule has 4 nitrogen and oxygen atoms in total. The van der Waals surface area contributed by atoms with Crippen molar-refractivity contribution in [3.05, 3.63) is 17.5 Å². The van der Waals surface area contributed by atoms with Gasteiger partial charge in [0.25, 0.3) is 0 Å². The molecule has 1 heterocycles. The van der Waals surface area contributed by atoms with E-state index in [1.165, 1.54) is 12.8 Å². The number of nitrogens with zero attached hydrogens (tertiary/aromatic N) is 3. The molecule has 0 saturated heterocycles. The molecule has 1 saturated carbocycles. The first-order valence-corrected chi connectivity index (χ1v) is 8.26. The number of aryl methyl sites for hydroxylation is 2. The summed E-state index contributed by atoms with van der Waals surface area (Å²) in [5.74, 6) is 0.786. The van der Waals surface area contributed by atoms with Crippen LogP contribution in [0, 0.1) is 5.92 Å². The Kier molecular flexibility index (Phi) is 5.10. The first-order chi connectivity index (χ1) is 9.89. The van der Waals surface area contributed by atoms with E-state index in [0.717, 1.165) is 36.6 Å². The van der Waals surface area contributed by atoms with Crippen LogP contribution in [-0.2, 0) is 19.9 Å². The SMILES string of the molecule is CCc1cc(CC(O)C2(N(C)C)CCC(C)CC2)n(C)n1. The topological polar surface area (TPSA) is 41.3 Å². The van der Waals surface area contributed by atoms with Crippen molar-refractivity contribution in [3.63, 3.8) is 0 Å². The Morgan fingerprint density at radius 2 is 2.05 bits per heavy atom. The van der Waals surface area contributed by atoms with Gasteiger partial charge in [0.15, 0.2) is 0 Å². The largest absolute Gasteiger partial charge is 0.391 e. The molecule has 0 aromatic carbocycles. The third-order valence-electron chi connectivity index (χ3n) is 5.44. The van der Waals surface area contributed by atoms with Gasteiger partial charge in [-0.2, -0.15) is 5.10 Å². The summed E-state index contributed by atoms with van der Waals surface area (Å²) in [5, 5.41) is 15.5. The zero-order chi connectivity index (χ0) is 15.6. The van der Waals surface area contributed by atoms with E-state index in [4.69, 9.17) is 0 Å². The van der Waals surface area contributed by atoms with Crippen LogP contribution in [0.15, 0.2) is 6.07 Å². The van der Waals surface area contributed by atoms with Gasteiger partial charge < -0.3 is 10.0 Å². The van der Waals surface area contributed by atoms with E-state index in [1.54, 1.807) is 0 Å². The summed E-state index contributed by atoms with van der Waals surface area (Å²) in [6.07, 6.45) is 5.89. The van der Waals surface area contributed by atoms with Crippen LogP contribution in [-0.4, -0.2) is 45.5 Å². The van der Waals surface area contributed by atoms with Crippen molar-refractivity contribution in [1.82, 2.24) is 14.7 Å². The Balaban J connectivity index is 2.15. The molecule has 21 heavy (non-hydrogen) atoms. The molecular formula is C17H31N3O. The molecule has 1 aliphatic rings. The zero-order valence-corrected chi connectivity index (χ0v) is 14.3. The van der Waals surface area contributed by atoms with Gasteiger partial charge in [-0.25, -0.2) is 0 Å². The molecule has 1 aromatic heterocycles. The number of aliphatic hydroxyl groups is 1. The molecule has 2 rings (SSSR count). The van der Waals surface area contributed by atoms with Crippen LogP contribution in [0.4, 0.5) is 0 Å². The van der Waals surface area contributed by atoms with Gasteiger partial charge >= 0.3 is 0 Å². The van der Waals surface area contributed by atoms with Gasteiger partial charge in [0, 0.05) is 24.7 Å². The maximum absolute atomic E-state index is 11.0. The summed E-state index contributed by atoms with van der Waals surface area (Å²) in [5.41, 5.74) is 2.17. The highest BCUT2D eigenvalue weighted by Crippen LogP contribution is 2.38. The summed E-state index contributed by atoms with van der Waals surface area (Å²) in [4.78, 5) is 2.25. The standard InChI is InChI=1S/C17H31N3O/c1-6-14-11-15(20(5)18-14)12-16(21)17(19(3)4)9-7-13(2)8-10-17/h11,13,16,21H,6-10,12H2,1-5H3. The van der Waals surface area contributed by atoms with Crippen molar-refractivity contribution in [2.45, 2.75) is 64.0 Å². The highest BCUT2D eigenvalue weighted by atomic mass is 16.3. The van der Waals surface area contributed by atoms with Crippen molar-refractivity contribution in [2.24, 2.45) is 13.0 Å². The first kappa shape index (κ1) is 16.5. The monoisotopic (exact) mass is 293 g/mol. The molecule has 0 aliphatic heterocycles. The molecule has 1 aliphatic carbocycles. The Labute approximate surface area is 129 Å². The molecule has 0 spiro atoms. The lowest BCUT2D eigenvalue weighted by Gasteiger charge is -2.47. The molecule has 0 bridgehead atoms. The first-order valence-electron chi connectivity index (χ1n) is 8.26. The van der Waals surface area contributed by atoms with Crippen LogP contribution in [0.25, 0.3) is 0 Å². The van der Waals surface area contributed by atoms with E-state index in [1.807, 2.05) is 11.7 Å². The minimum Gasteiger partial charge on any atom is -0.391 e. The maximum atomic E-state index is 11.0. The quantitative estimate of drug-likeness (QED) is 0.906. The summed E-state index contributed by atoms with van der Waals surface area (Å²) >= 11 is 0. The molecule has 1 aromatic rings. The number of hydrogen-bond donors (Lipinski definition) is 1. The molecule has 4 heteroatoms. The van der Waals surface area contributed by atoms with E-state index in [9.17, 15) is 5.11 Å². The van der Waals surface area contributed by atoms with E-state index in [-0.39, 0.29) is 11.6 Å². The Hall–Kier alpha value is -0.870.